The molecule has 4 N–H and O–H groups in total. The summed E-state index contributed by atoms with van der Waals surface area (Å²) in [5.74, 6) is -0.520. The van der Waals surface area contributed by atoms with Gasteiger partial charge in [0.05, 0.1) is 13.1 Å². The van der Waals surface area contributed by atoms with E-state index in [4.69, 9.17) is 5.73 Å². The molecule has 0 aliphatic heterocycles. The van der Waals surface area contributed by atoms with Gasteiger partial charge in [-0.05, 0) is 20.1 Å². The van der Waals surface area contributed by atoms with Crippen molar-refractivity contribution in [1.29, 1.82) is 0 Å². The van der Waals surface area contributed by atoms with E-state index in [0.29, 0.717) is 6.54 Å². The minimum Gasteiger partial charge on any atom is -0.353 e. The van der Waals surface area contributed by atoms with Gasteiger partial charge in [0.15, 0.2) is 0 Å². The van der Waals surface area contributed by atoms with Crippen LogP contribution in [-0.2, 0) is 9.59 Å². The Hall–Kier alpha value is -0.460. The molecule has 16 heavy (non-hydrogen) atoms. The molecular weight excluding hydrogens is 250 g/mol. The van der Waals surface area contributed by atoms with E-state index in [9.17, 15) is 9.59 Å². The highest BCUT2D eigenvalue weighted by Gasteiger charge is 2.16. The third-order valence-corrected chi connectivity index (χ3v) is 3.14. The number of nitrogens with one attached hydrogen (secondary N) is 2. The lowest BCUT2D eigenvalue weighted by molar-refractivity contribution is -0.125. The van der Waals surface area contributed by atoms with E-state index in [2.05, 4.69) is 10.6 Å². The summed E-state index contributed by atoms with van der Waals surface area (Å²) in [6.07, 6.45) is 1.99. The van der Waals surface area contributed by atoms with Crippen molar-refractivity contribution < 1.29 is 9.59 Å². The number of amides is 2. The Balaban J connectivity index is 0. The Morgan fingerprint density at radius 2 is 1.81 bits per heavy atom. The summed E-state index contributed by atoms with van der Waals surface area (Å²) >= 11 is 1.68. The fraction of sp³-hybridized carbons (Fsp3) is 0.778. The largest absolute Gasteiger partial charge is 0.353 e. The van der Waals surface area contributed by atoms with Crippen LogP contribution >= 0.6 is 24.2 Å². The third-order valence-electron chi connectivity index (χ3n) is 1.90. The summed E-state index contributed by atoms with van der Waals surface area (Å²) in [4.78, 5) is 22.0. The molecule has 7 heteroatoms. The van der Waals surface area contributed by atoms with Crippen molar-refractivity contribution in [3.05, 3.63) is 0 Å². The zero-order chi connectivity index (χ0) is 11.9. The van der Waals surface area contributed by atoms with Crippen LogP contribution in [-0.4, -0.2) is 42.5 Å². The van der Waals surface area contributed by atoms with Crippen LogP contribution in [0.1, 0.15) is 13.8 Å². The second-order valence-corrected chi connectivity index (χ2v) is 5.23. The number of thioether (sulfide) groups is 1. The highest BCUT2D eigenvalue weighted by Crippen LogP contribution is 2.19. The van der Waals surface area contributed by atoms with Crippen LogP contribution in [0.3, 0.4) is 0 Å². The van der Waals surface area contributed by atoms with E-state index in [1.54, 1.807) is 11.8 Å². The van der Waals surface area contributed by atoms with Crippen LogP contribution in [0.25, 0.3) is 0 Å². The molecule has 0 radical (unpaired) electrons. The lowest BCUT2D eigenvalue weighted by atomic mass is 10.2. The van der Waals surface area contributed by atoms with Gasteiger partial charge >= 0.3 is 0 Å². The quantitative estimate of drug-likeness (QED) is 0.620. The molecule has 0 saturated carbocycles. The predicted molar refractivity (Wildman–Crippen MR) is 69.9 cm³/mol. The molecule has 0 aliphatic rings. The van der Waals surface area contributed by atoms with Gasteiger partial charge in [-0.15, -0.1) is 12.4 Å². The van der Waals surface area contributed by atoms with Gasteiger partial charge in [0, 0.05) is 11.3 Å². The number of carbonyl (C=O) groups is 2. The summed E-state index contributed by atoms with van der Waals surface area (Å²) in [6, 6.07) is 0. The van der Waals surface area contributed by atoms with Gasteiger partial charge in [0.1, 0.15) is 0 Å². The second-order valence-electron chi connectivity index (χ2n) is 3.72. The minimum absolute atomic E-state index is 0. The van der Waals surface area contributed by atoms with Gasteiger partial charge < -0.3 is 16.4 Å². The molecule has 0 aromatic rings. The number of rotatable bonds is 6. The molecule has 96 valence electrons. The van der Waals surface area contributed by atoms with Crippen molar-refractivity contribution in [2.45, 2.75) is 18.6 Å². The molecule has 5 nitrogen and oxygen atoms in total. The molecule has 0 atom stereocenters. The van der Waals surface area contributed by atoms with E-state index >= 15 is 0 Å². The second kappa shape index (κ2) is 8.66. The van der Waals surface area contributed by atoms with E-state index in [-0.39, 0.29) is 42.1 Å². The monoisotopic (exact) mass is 269 g/mol. The zero-order valence-electron chi connectivity index (χ0n) is 9.83. The molecular formula is C9H20ClN3O2S. The maximum atomic E-state index is 11.3. The van der Waals surface area contributed by atoms with Crippen molar-refractivity contribution in [2.75, 3.05) is 25.9 Å². The average Bonchev–Trinajstić information content (AvgIpc) is 2.23. The van der Waals surface area contributed by atoms with Gasteiger partial charge in [-0.2, -0.15) is 11.8 Å². The Labute approximate surface area is 107 Å². The first-order chi connectivity index (χ1) is 6.91. The lowest BCUT2D eigenvalue weighted by Gasteiger charge is -2.22. The Morgan fingerprint density at radius 1 is 1.25 bits per heavy atom. The summed E-state index contributed by atoms with van der Waals surface area (Å²) in [5.41, 5.74) is 5.08. The first kappa shape index (κ1) is 17.9. The molecule has 0 fully saturated rings. The summed E-state index contributed by atoms with van der Waals surface area (Å²) < 4.78 is 0.00748. The fourth-order valence-electron chi connectivity index (χ4n) is 0.697. The summed E-state index contributed by atoms with van der Waals surface area (Å²) in [7, 11) is 0. The number of hydrogen-bond donors (Lipinski definition) is 3. The predicted octanol–water partition coefficient (Wildman–Crippen LogP) is -0.259. The summed E-state index contributed by atoms with van der Waals surface area (Å²) in [6.45, 7) is 4.54. The third kappa shape index (κ3) is 8.82. The van der Waals surface area contributed by atoms with Crippen LogP contribution in [0.4, 0.5) is 0 Å². The molecule has 0 aromatic heterocycles. The molecule has 2 amide bonds. The average molecular weight is 270 g/mol. The van der Waals surface area contributed by atoms with Crippen molar-refractivity contribution in [3.8, 4) is 0 Å². The van der Waals surface area contributed by atoms with Crippen molar-refractivity contribution >= 4 is 36.0 Å². The van der Waals surface area contributed by atoms with Crippen molar-refractivity contribution in [3.63, 3.8) is 0 Å². The molecule has 0 aliphatic carbocycles. The maximum absolute atomic E-state index is 11.3. The number of hydrogen-bond acceptors (Lipinski definition) is 4. The first-order valence-electron chi connectivity index (χ1n) is 4.70. The zero-order valence-corrected chi connectivity index (χ0v) is 11.5. The van der Waals surface area contributed by atoms with Gasteiger partial charge in [0.25, 0.3) is 0 Å². The topological polar surface area (TPSA) is 84.2 Å². The van der Waals surface area contributed by atoms with E-state index in [1.807, 2.05) is 20.1 Å². The summed E-state index contributed by atoms with van der Waals surface area (Å²) in [5, 5.41) is 5.14. The maximum Gasteiger partial charge on any atom is 0.239 e. The van der Waals surface area contributed by atoms with Crippen molar-refractivity contribution in [2.24, 2.45) is 5.73 Å². The number of halogens is 1. The van der Waals surface area contributed by atoms with Crippen LogP contribution in [0.5, 0.6) is 0 Å². The van der Waals surface area contributed by atoms with Crippen LogP contribution in [0, 0.1) is 0 Å². The van der Waals surface area contributed by atoms with Gasteiger partial charge in [0.2, 0.25) is 11.8 Å². The molecule has 0 heterocycles. The van der Waals surface area contributed by atoms with Crippen LogP contribution < -0.4 is 16.4 Å². The smallest absolute Gasteiger partial charge is 0.239 e. The highest BCUT2D eigenvalue weighted by molar-refractivity contribution is 7.99. The van der Waals surface area contributed by atoms with Gasteiger partial charge in [-0.3, -0.25) is 9.59 Å². The van der Waals surface area contributed by atoms with Gasteiger partial charge in [-0.1, -0.05) is 0 Å². The molecule has 0 bridgehead atoms. The lowest BCUT2D eigenvalue weighted by Crippen LogP contribution is -2.43. The van der Waals surface area contributed by atoms with E-state index < -0.39 is 0 Å². The van der Waals surface area contributed by atoms with Crippen LogP contribution in [0.2, 0.25) is 0 Å². The van der Waals surface area contributed by atoms with E-state index in [1.165, 1.54) is 0 Å². The normalized spacial score (nSPS) is 10.2. The molecule has 0 aromatic carbocycles. The molecule has 0 rings (SSSR count). The van der Waals surface area contributed by atoms with Crippen LogP contribution in [0.15, 0.2) is 0 Å². The van der Waals surface area contributed by atoms with Crippen molar-refractivity contribution in [1.82, 2.24) is 10.6 Å². The number of nitrogens with two attached hydrogens (primary N) is 1. The van der Waals surface area contributed by atoms with Gasteiger partial charge in [-0.25, -0.2) is 0 Å². The first-order valence-corrected chi connectivity index (χ1v) is 5.92. The fourth-order valence-corrected chi connectivity index (χ4v) is 0.914. The molecule has 0 spiro atoms. The Morgan fingerprint density at radius 3 is 2.25 bits per heavy atom. The standard InChI is InChI=1S/C9H19N3O2S.ClH/c1-9(2,15-3)6-12-8(14)5-11-7(13)4-10;/h4-6,10H2,1-3H3,(H,11,13)(H,12,14);1H. The molecule has 0 unspecified atom stereocenters. The molecule has 0 saturated heterocycles. The Kier molecular flexibility index (Phi) is 9.70. The van der Waals surface area contributed by atoms with E-state index in [0.717, 1.165) is 0 Å². The Bertz CT molecular complexity index is 237. The minimum atomic E-state index is -0.325. The number of carbonyl (C=O) groups excluding carboxylic acids is 2. The SMILES string of the molecule is CSC(C)(C)CNC(=O)CNC(=O)CN.Cl. The highest BCUT2D eigenvalue weighted by atomic mass is 35.5.